The van der Waals surface area contributed by atoms with Gasteiger partial charge in [-0.3, -0.25) is 9.59 Å². The fraction of sp³-hybridized carbons (Fsp3) is 0.357. The van der Waals surface area contributed by atoms with Gasteiger partial charge in [-0.25, -0.2) is 4.79 Å². The van der Waals surface area contributed by atoms with Gasteiger partial charge in [0.15, 0.2) is 5.60 Å². The Hall–Kier alpha value is -2.41. The van der Waals surface area contributed by atoms with Gasteiger partial charge in [-0.15, -0.1) is 0 Å². The van der Waals surface area contributed by atoms with Gasteiger partial charge in [0.05, 0.1) is 19.4 Å². The Labute approximate surface area is 120 Å². The molecule has 0 amide bonds. The van der Waals surface area contributed by atoms with Gasteiger partial charge in [0.1, 0.15) is 0 Å². The van der Waals surface area contributed by atoms with Gasteiger partial charge in [0.25, 0.3) is 0 Å². The molecule has 3 N–H and O–H groups in total. The van der Waals surface area contributed by atoms with Crippen molar-refractivity contribution >= 4 is 17.9 Å². The minimum absolute atomic E-state index is 0.0195. The number of esters is 1. The van der Waals surface area contributed by atoms with E-state index >= 15 is 0 Å². The Morgan fingerprint density at radius 1 is 1.05 bits per heavy atom. The third-order valence-electron chi connectivity index (χ3n) is 2.78. The highest BCUT2D eigenvalue weighted by atomic mass is 16.5. The number of benzene rings is 1. The van der Waals surface area contributed by atoms with Crippen LogP contribution < -0.4 is 0 Å². The van der Waals surface area contributed by atoms with Crippen LogP contribution in [0.25, 0.3) is 0 Å². The SMILES string of the molecule is O=C(O)CC(O)(CC(=O)OCCc1ccccc1)C(=O)O. The molecule has 0 saturated heterocycles. The zero-order chi connectivity index (χ0) is 15.9. The Balaban J connectivity index is 2.47. The molecule has 1 aromatic rings. The predicted octanol–water partition coefficient (Wildman–Crippen LogP) is 0.453. The zero-order valence-electron chi connectivity index (χ0n) is 11.2. The molecule has 0 bridgehead atoms. The van der Waals surface area contributed by atoms with E-state index in [1.807, 2.05) is 30.3 Å². The van der Waals surface area contributed by atoms with Crippen LogP contribution in [-0.4, -0.2) is 45.4 Å². The lowest BCUT2D eigenvalue weighted by molar-refractivity contribution is -0.171. The number of carbonyl (C=O) groups excluding carboxylic acids is 1. The molecule has 0 heterocycles. The lowest BCUT2D eigenvalue weighted by Gasteiger charge is -2.20. The van der Waals surface area contributed by atoms with E-state index < -0.39 is 36.4 Å². The van der Waals surface area contributed by atoms with Gasteiger partial charge >= 0.3 is 17.9 Å². The fourth-order valence-corrected chi connectivity index (χ4v) is 1.68. The number of hydrogen-bond donors (Lipinski definition) is 3. The number of aliphatic carboxylic acids is 2. The quantitative estimate of drug-likeness (QED) is 0.595. The van der Waals surface area contributed by atoms with E-state index in [1.165, 1.54) is 0 Å². The molecule has 1 unspecified atom stereocenters. The second-order valence-electron chi connectivity index (χ2n) is 4.54. The van der Waals surface area contributed by atoms with Crippen molar-refractivity contribution in [2.75, 3.05) is 6.61 Å². The van der Waals surface area contributed by atoms with Gasteiger partial charge in [0.2, 0.25) is 0 Å². The molecule has 1 aromatic carbocycles. The summed E-state index contributed by atoms with van der Waals surface area (Å²) in [4.78, 5) is 32.9. The van der Waals surface area contributed by atoms with Crippen molar-refractivity contribution < 1.29 is 34.4 Å². The summed E-state index contributed by atoms with van der Waals surface area (Å²) in [5.41, 5.74) is -1.72. The summed E-state index contributed by atoms with van der Waals surface area (Å²) in [6.07, 6.45) is -1.55. The van der Waals surface area contributed by atoms with Crippen molar-refractivity contribution in [3.63, 3.8) is 0 Å². The third-order valence-corrected chi connectivity index (χ3v) is 2.78. The maximum absolute atomic E-state index is 11.5. The predicted molar refractivity (Wildman–Crippen MR) is 70.6 cm³/mol. The highest BCUT2D eigenvalue weighted by molar-refractivity contribution is 5.88. The highest BCUT2D eigenvalue weighted by Crippen LogP contribution is 2.17. The summed E-state index contributed by atoms with van der Waals surface area (Å²) in [6.45, 7) is 0.0195. The molecule has 7 nitrogen and oxygen atoms in total. The molecule has 0 radical (unpaired) electrons. The molecule has 114 valence electrons. The Morgan fingerprint density at radius 2 is 1.67 bits per heavy atom. The monoisotopic (exact) mass is 296 g/mol. The normalized spacial score (nSPS) is 13.2. The Bertz CT molecular complexity index is 511. The van der Waals surface area contributed by atoms with E-state index in [0.717, 1.165) is 5.56 Å². The zero-order valence-corrected chi connectivity index (χ0v) is 11.2. The largest absolute Gasteiger partial charge is 0.481 e. The Kier molecular flexibility index (Phi) is 5.86. The molecule has 21 heavy (non-hydrogen) atoms. The number of carboxylic acid groups (broad SMARTS) is 2. The Morgan fingerprint density at radius 3 is 2.19 bits per heavy atom. The first kappa shape index (κ1) is 16.6. The topological polar surface area (TPSA) is 121 Å². The van der Waals surface area contributed by atoms with E-state index in [2.05, 4.69) is 0 Å². The second-order valence-corrected chi connectivity index (χ2v) is 4.54. The molecule has 0 aromatic heterocycles. The molecule has 0 aliphatic heterocycles. The van der Waals surface area contributed by atoms with Crippen LogP contribution in [0.1, 0.15) is 18.4 Å². The molecule has 0 fully saturated rings. The van der Waals surface area contributed by atoms with E-state index in [-0.39, 0.29) is 6.61 Å². The number of carboxylic acids is 2. The van der Waals surface area contributed by atoms with Gasteiger partial charge in [0, 0.05) is 6.42 Å². The maximum atomic E-state index is 11.5. The van der Waals surface area contributed by atoms with Gasteiger partial charge in [-0.05, 0) is 5.56 Å². The van der Waals surface area contributed by atoms with Crippen LogP contribution in [0.4, 0.5) is 0 Å². The highest BCUT2D eigenvalue weighted by Gasteiger charge is 2.41. The first-order valence-corrected chi connectivity index (χ1v) is 6.20. The molecule has 7 heteroatoms. The molecule has 1 rings (SSSR count). The van der Waals surface area contributed by atoms with Gasteiger partial charge < -0.3 is 20.1 Å². The minimum Gasteiger partial charge on any atom is -0.481 e. The van der Waals surface area contributed by atoms with Gasteiger partial charge in [-0.2, -0.15) is 0 Å². The van der Waals surface area contributed by atoms with Gasteiger partial charge in [-0.1, -0.05) is 30.3 Å². The molecule has 1 atom stereocenters. The smallest absolute Gasteiger partial charge is 0.336 e. The molecular weight excluding hydrogens is 280 g/mol. The summed E-state index contributed by atoms with van der Waals surface area (Å²) in [6, 6.07) is 9.17. The van der Waals surface area contributed by atoms with Crippen LogP contribution in [0.15, 0.2) is 30.3 Å². The van der Waals surface area contributed by atoms with Crippen molar-refractivity contribution in [1.82, 2.24) is 0 Å². The van der Waals surface area contributed by atoms with E-state index in [9.17, 15) is 19.5 Å². The summed E-state index contributed by atoms with van der Waals surface area (Å²) in [5.74, 6) is -4.25. The molecule has 0 saturated carbocycles. The average Bonchev–Trinajstić information content (AvgIpc) is 2.38. The van der Waals surface area contributed by atoms with Crippen LogP contribution in [0.2, 0.25) is 0 Å². The molecular formula is C14H16O7. The first-order valence-electron chi connectivity index (χ1n) is 6.20. The molecule has 0 aliphatic rings. The molecule has 0 spiro atoms. The van der Waals surface area contributed by atoms with Crippen molar-refractivity contribution in [3.05, 3.63) is 35.9 Å². The van der Waals surface area contributed by atoms with Crippen molar-refractivity contribution in [2.45, 2.75) is 24.9 Å². The van der Waals surface area contributed by atoms with E-state index in [0.29, 0.717) is 6.42 Å². The number of rotatable bonds is 8. The van der Waals surface area contributed by atoms with E-state index in [4.69, 9.17) is 14.9 Å². The van der Waals surface area contributed by atoms with Crippen LogP contribution in [0.5, 0.6) is 0 Å². The maximum Gasteiger partial charge on any atom is 0.336 e. The van der Waals surface area contributed by atoms with Crippen molar-refractivity contribution in [2.24, 2.45) is 0 Å². The van der Waals surface area contributed by atoms with Crippen LogP contribution in [0, 0.1) is 0 Å². The first-order chi connectivity index (χ1) is 9.83. The van der Waals surface area contributed by atoms with Crippen molar-refractivity contribution in [1.29, 1.82) is 0 Å². The number of carbonyl (C=O) groups is 3. The third kappa shape index (κ3) is 5.62. The van der Waals surface area contributed by atoms with E-state index in [1.54, 1.807) is 0 Å². The van der Waals surface area contributed by atoms with Crippen LogP contribution >= 0.6 is 0 Å². The standard InChI is InChI=1S/C14H16O7/c15-11(16)8-14(20,13(18)19)9-12(17)21-7-6-10-4-2-1-3-5-10/h1-5,20H,6-9H2,(H,15,16)(H,18,19). The average molecular weight is 296 g/mol. The number of aliphatic hydroxyl groups is 1. The summed E-state index contributed by atoms with van der Waals surface area (Å²) in [7, 11) is 0. The summed E-state index contributed by atoms with van der Waals surface area (Å²) >= 11 is 0. The van der Waals surface area contributed by atoms with Crippen LogP contribution in [0.3, 0.4) is 0 Å². The lowest BCUT2D eigenvalue weighted by atomic mass is 9.96. The number of hydrogen-bond acceptors (Lipinski definition) is 5. The fourth-order valence-electron chi connectivity index (χ4n) is 1.68. The van der Waals surface area contributed by atoms with Crippen molar-refractivity contribution in [3.8, 4) is 0 Å². The number of ether oxygens (including phenoxy) is 1. The van der Waals surface area contributed by atoms with Crippen LogP contribution in [-0.2, 0) is 25.5 Å². The lowest BCUT2D eigenvalue weighted by Crippen LogP contribution is -2.43. The second kappa shape index (κ2) is 7.39. The minimum atomic E-state index is -2.66. The molecule has 0 aliphatic carbocycles. The summed E-state index contributed by atoms with van der Waals surface area (Å²) in [5, 5.41) is 27.0. The summed E-state index contributed by atoms with van der Waals surface area (Å²) < 4.78 is 4.82.